The highest BCUT2D eigenvalue weighted by Crippen LogP contribution is 2.25. The molecule has 1 aromatic heterocycles. The van der Waals surface area contributed by atoms with Crippen molar-refractivity contribution in [1.29, 1.82) is 0 Å². The van der Waals surface area contributed by atoms with Gasteiger partial charge in [-0.3, -0.25) is 10.1 Å². The summed E-state index contributed by atoms with van der Waals surface area (Å²) in [6.07, 6.45) is 0. The molecule has 1 aromatic carbocycles. The second-order valence-electron chi connectivity index (χ2n) is 4.77. The molecule has 112 valence electrons. The lowest BCUT2D eigenvalue weighted by atomic mass is 10.1. The number of carbonyl (C=O) groups is 1. The topological polar surface area (TPSA) is 51.2 Å². The average Bonchev–Trinajstić information content (AvgIpc) is 2.90. The first kappa shape index (κ1) is 15.8. The summed E-state index contributed by atoms with van der Waals surface area (Å²) in [6, 6.07) is 4.03. The maximum atomic E-state index is 11.9. The maximum absolute atomic E-state index is 11.9. The summed E-state index contributed by atoms with van der Waals surface area (Å²) in [5.74, 6) is 0.876. The van der Waals surface area contributed by atoms with Gasteiger partial charge in [-0.2, -0.15) is 0 Å². The van der Waals surface area contributed by atoms with Crippen LogP contribution >= 0.6 is 22.9 Å². The van der Waals surface area contributed by atoms with Crippen LogP contribution in [0.4, 0.5) is 5.13 Å². The molecule has 2 aromatic rings. The van der Waals surface area contributed by atoms with Gasteiger partial charge in [-0.15, -0.1) is 22.9 Å². The van der Waals surface area contributed by atoms with Crippen LogP contribution in [-0.2, 0) is 10.7 Å². The molecule has 21 heavy (non-hydrogen) atoms. The lowest BCUT2D eigenvalue weighted by Crippen LogP contribution is -2.20. The summed E-state index contributed by atoms with van der Waals surface area (Å²) in [5, 5.41) is 5.06. The number of thiazole rings is 1. The van der Waals surface area contributed by atoms with E-state index in [1.54, 1.807) is 0 Å². The minimum Gasteiger partial charge on any atom is -0.483 e. The molecule has 1 heterocycles. The van der Waals surface area contributed by atoms with Gasteiger partial charge in [-0.25, -0.2) is 4.98 Å². The maximum Gasteiger partial charge on any atom is 0.264 e. The average molecular weight is 325 g/mol. The lowest BCUT2D eigenvalue weighted by Gasteiger charge is -2.13. The summed E-state index contributed by atoms with van der Waals surface area (Å²) >= 11 is 7.02. The normalized spacial score (nSPS) is 10.5. The Labute approximate surface area is 133 Å². The zero-order valence-corrected chi connectivity index (χ0v) is 13.8. The molecule has 0 fully saturated rings. The SMILES string of the molecule is Cc1ccc(C)c(OCC(=O)Nc2nc(CCl)cs2)c1C. The third kappa shape index (κ3) is 3.95. The van der Waals surface area contributed by atoms with Crippen LogP contribution < -0.4 is 10.1 Å². The molecule has 0 spiro atoms. The number of halogens is 1. The van der Waals surface area contributed by atoms with Crippen LogP contribution in [0.2, 0.25) is 0 Å². The minimum atomic E-state index is -0.231. The Morgan fingerprint density at radius 2 is 2.05 bits per heavy atom. The zero-order chi connectivity index (χ0) is 15.4. The van der Waals surface area contributed by atoms with E-state index in [-0.39, 0.29) is 12.5 Å². The molecule has 0 saturated carbocycles. The number of ether oxygens (including phenoxy) is 1. The van der Waals surface area contributed by atoms with Crippen molar-refractivity contribution in [2.24, 2.45) is 0 Å². The largest absolute Gasteiger partial charge is 0.483 e. The Balaban J connectivity index is 1.97. The molecule has 0 unspecified atom stereocenters. The quantitative estimate of drug-likeness (QED) is 0.850. The molecular formula is C15H17ClN2O2S. The van der Waals surface area contributed by atoms with Crippen molar-refractivity contribution in [3.63, 3.8) is 0 Å². The molecule has 4 nitrogen and oxygen atoms in total. The number of hydrogen-bond donors (Lipinski definition) is 1. The Hall–Kier alpha value is -1.59. The van der Waals surface area contributed by atoms with Gasteiger partial charge < -0.3 is 4.74 Å². The molecule has 0 radical (unpaired) electrons. The van der Waals surface area contributed by atoms with Crippen molar-refractivity contribution >= 4 is 34.0 Å². The van der Waals surface area contributed by atoms with E-state index in [9.17, 15) is 4.79 Å². The summed E-state index contributed by atoms with van der Waals surface area (Å²) in [4.78, 5) is 16.1. The van der Waals surface area contributed by atoms with Crippen molar-refractivity contribution in [1.82, 2.24) is 4.98 Å². The molecule has 2 rings (SSSR count). The minimum absolute atomic E-state index is 0.0408. The molecule has 0 aliphatic rings. The van der Waals surface area contributed by atoms with Gasteiger partial charge >= 0.3 is 0 Å². The number of aryl methyl sites for hydroxylation is 2. The summed E-state index contributed by atoms with van der Waals surface area (Å²) in [7, 11) is 0. The summed E-state index contributed by atoms with van der Waals surface area (Å²) in [6.45, 7) is 5.93. The van der Waals surface area contributed by atoms with E-state index in [2.05, 4.69) is 10.3 Å². The van der Waals surface area contributed by atoms with Gasteiger partial charge in [0.2, 0.25) is 0 Å². The van der Waals surface area contributed by atoms with E-state index < -0.39 is 0 Å². The molecule has 1 amide bonds. The van der Waals surface area contributed by atoms with Gasteiger partial charge in [0.1, 0.15) is 5.75 Å². The highest BCUT2D eigenvalue weighted by atomic mass is 35.5. The number of alkyl halides is 1. The van der Waals surface area contributed by atoms with Crippen molar-refractivity contribution in [2.75, 3.05) is 11.9 Å². The molecule has 0 aliphatic heterocycles. The molecular weight excluding hydrogens is 308 g/mol. The molecule has 0 bridgehead atoms. The first-order valence-electron chi connectivity index (χ1n) is 6.51. The number of nitrogens with zero attached hydrogens (tertiary/aromatic N) is 1. The molecule has 6 heteroatoms. The van der Waals surface area contributed by atoms with Crippen LogP contribution in [0.1, 0.15) is 22.4 Å². The Morgan fingerprint density at radius 1 is 1.33 bits per heavy atom. The van der Waals surface area contributed by atoms with E-state index in [0.29, 0.717) is 11.0 Å². The van der Waals surface area contributed by atoms with Gasteiger partial charge in [0, 0.05) is 5.38 Å². The number of nitrogens with one attached hydrogen (secondary N) is 1. The van der Waals surface area contributed by atoms with Crippen LogP contribution in [0.25, 0.3) is 0 Å². The first-order valence-corrected chi connectivity index (χ1v) is 7.92. The van der Waals surface area contributed by atoms with Crippen molar-refractivity contribution in [2.45, 2.75) is 26.7 Å². The van der Waals surface area contributed by atoms with Crippen LogP contribution in [0.15, 0.2) is 17.5 Å². The lowest BCUT2D eigenvalue weighted by molar-refractivity contribution is -0.118. The first-order chi connectivity index (χ1) is 10.0. The number of amides is 1. The van der Waals surface area contributed by atoms with Crippen LogP contribution in [0.5, 0.6) is 5.75 Å². The Morgan fingerprint density at radius 3 is 2.71 bits per heavy atom. The molecule has 1 N–H and O–H groups in total. The van der Waals surface area contributed by atoms with Gasteiger partial charge in [0.25, 0.3) is 5.91 Å². The number of rotatable bonds is 5. The van der Waals surface area contributed by atoms with Crippen LogP contribution in [-0.4, -0.2) is 17.5 Å². The van der Waals surface area contributed by atoms with Crippen LogP contribution in [0, 0.1) is 20.8 Å². The van der Waals surface area contributed by atoms with E-state index >= 15 is 0 Å². The van der Waals surface area contributed by atoms with Gasteiger partial charge in [-0.1, -0.05) is 12.1 Å². The van der Waals surface area contributed by atoms with E-state index in [1.165, 1.54) is 11.3 Å². The third-order valence-corrected chi connectivity index (χ3v) is 4.24. The van der Waals surface area contributed by atoms with Gasteiger partial charge in [-0.05, 0) is 37.5 Å². The number of hydrogen-bond acceptors (Lipinski definition) is 4. The number of anilines is 1. The fourth-order valence-electron chi connectivity index (χ4n) is 1.87. The fraction of sp³-hybridized carbons (Fsp3) is 0.333. The number of carbonyl (C=O) groups excluding carboxylic acids is 1. The van der Waals surface area contributed by atoms with Crippen molar-refractivity contribution < 1.29 is 9.53 Å². The highest BCUT2D eigenvalue weighted by Gasteiger charge is 2.10. The number of aromatic nitrogens is 1. The number of benzene rings is 1. The smallest absolute Gasteiger partial charge is 0.264 e. The summed E-state index contributed by atoms with van der Waals surface area (Å²) < 4.78 is 5.65. The monoisotopic (exact) mass is 324 g/mol. The predicted molar refractivity (Wildman–Crippen MR) is 86.4 cm³/mol. The van der Waals surface area contributed by atoms with Gasteiger partial charge in [0.05, 0.1) is 11.6 Å². The zero-order valence-electron chi connectivity index (χ0n) is 12.2. The van der Waals surface area contributed by atoms with E-state index in [4.69, 9.17) is 16.3 Å². The van der Waals surface area contributed by atoms with Crippen LogP contribution in [0.3, 0.4) is 0 Å². The standard InChI is InChI=1S/C15H17ClN2O2S/c1-9-4-5-10(2)14(11(9)3)20-7-13(19)18-15-17-12(6-16)8-21-15/h4-5,8H,6-7H2,1-3H3,(H,17,18,19). The second kappa shape index (κ2) is 6.91. The highest BCUT2D eigenvalue weighted by molar-refractivity contribution is 7.13. The van der Waals surface area contributed by atoms with Crippen molar-refractivity contribution in [3.8, 4) is 5.75 Å². The third-order valence-electron chi connectivity index (χ3n) is 3.16. The molecule has 0 atom stereocenters. The summed E-state index contributed by atoms with van der Waals surface area (Å²) in [5.41, 5.74) is 3.97. The predicted octanol–water partition coefficient (Wildman–Crippen LogP) is 3.82. The second-order valence-corrected chi connectivity index (χ2v) is 5.89. The Bertz CT molecular complexity index is 655. The van der Waals surface area contributed by atoms with Crippen molar-refractivity contribution in [3.05, 3.63) is 39.9 Å². The Kier molecular flexibility index (Phi) is 5.20. The van der Waals surface area contributed by atoms with Gasteiger partial charge in [0.15, 0.2) is 11.7 Å². The van der Waals surface area contributed by atoms with E-state index in [1.807, 2.05) is 38.3 Å². The molecule has 0 saturated heterocycles. The fourth-order valence-corrected chi connectivity index (χ4v) is 2.82. The molecule has 0 aliphatic carbocycles. The van der Waals surface area contributed by atoms with E-state index in [0.717, 1.165) is 28.1 Å².